The molecule has 2 aromatic carbocycles. The van der Waals surface area contributed by atoms with E-state index < -0.39 is 0 Å². The Hall–Kier alpha value is -4.59. The van der Waals surface area contributed by atoms with E-state index in [9.17, 15) is 9.59 Å². The van der Waals surface area contributed by atoms with E-state index in [-0.39, 0.29) is 24.3 Å². The highest BCUT2D eigenvalue weighted by atomic mass is 16.2. The molecule has 1 fully saturated rings. The van der Waals surface area contributed by atoms with Crippen LogP contribution in [0.1, 0.15) is 40.5 Å². The number of para-hydroxylation sites is 1. The molecule has 6 rings (SSSR count). The van der Waals surface area contributed by atoms with E-state index in [0.717, 1.165) is 53.3 Å². The van der Waals surface area contributed by atoms with Gasteiger partial charge in [0, 0.05) is 41.3 Å². The molecule has 178 valence electrons. The fourth-order valence-corrected chi connectivity index (χ4v) is 4.88. The largest absolute Gasteiger partial charge is 0.330 e. The fourth-order valence-electron chi connectivity index (χ4n) is 4.88. The molecule has 0 bridgehead atoms. The van der Waals surface area contributed by atoms with Crippen molar-refractivity contribution in [2.75, 3.05) is 17.2 Å². The van der Waals surface area contributed by atoms with Crippen molar-refractivity contribution < 1.29 is 9.59 Å². The molecule has 36 heavy (non-hydrogen) atoms. The van der Waals surface area contributed by atoms with Gasteiger partial charge < -0.3 is 15.5 Å². The fraction of sp³-hybridized carbons (Fsp3) is 0.179. The van der Waals surface area contributed by atoms with Gasteiger partial charge in [0.25, 0.3) is 5.91 Å². The summed E-state index contributed by atoms with van der Waals surface area (Å²) >= 11 is 0. The van der Waals surface area contributed by atoms with Gasteiger partial charge in [-0.05, 0) is 55.3 Å². The number of rotatable bonds is 4. The van der Waals surface area contributed by atoms with Gasteiger partial charge in [-0.3, -0.25) is 14.6 Å². The van der Waals surface area contributed by atoms with Gasteiger partial charge in [-0.2, -0.15) is 0 Å². The number of carbonyl (C=O) groups is 2. The van der Waals surface area contributed by atoms with Crippen LogP contribution in [0.4, 0.5) is 17.3 Å². The Kier molecular flexibility index (Phi) is 5.61. The summed E-state index contributed by atoms with van der Waals surface area (Å²) in [4.78, 5) is 41.0. The first kappa shape index (κ1) is 21.9. The van der Waals surface area contributed by atoms with E-state index in [0.29, 0.717) is 11.5 Å². The van der Waals surface area contributed by atoms with E-state index in [2.05, 4.69) is 20.6 Å². The van der Waals surface area contributed by atoms with E-state index in [4.69, 9.17) is 4.98 Å². The van der Waals surface area contributed by atoms with Crippen molar-refractivity contribution in [3.63, 3.8) is 0 Å². The highest BCUT2D eigenvalue weighted by Gasteiger charge is 2.31. The summed E-state index contributed by atoms with van der Waals surface area (Å²) in [7, 11) is 0. The van der Waals surface area contributed by atoms with E-state index in [1.165, 1.54) is 0 Å². The lowest BCUT2D eigenvalue weighted by Gasteiger charge is -2.24. The maximum Gasteiger partial charge on any atom is 0.254 e. The number of carbonyl (C=O) groups excluding carboxylic acids is 2. The van der Waals surface area contributed by atoms with Gasteiger partial charge in [-0.15, -0.1) is 0 Å². The maximum atomic E-state index is 13.3. The Balaban J connectivity index is 1.21. The third kappa shape index (κ3) is 4.17. The van der Waals surface area contributed by atoms with Gasteiger partial charge >= 0.3 is 0 Å². The first-order valence-corrected chi connectivity index (χ1v) is 12.0. The third-order valence-electron chi connectivity index (χ3n) is 6.60. The smallest absolute Gasteiger partial charge is 0.254 e. The van der Waals surface area contributed by atoms with Crippen molar-refractivity contribution in [2.45, 2.75) is 25.3 Å². The molecule has 0 spiro atoms. The van der Waals surface area contributed by atoms with Crippen LogP contribution in [0.2, 0.25) is 0 Å². The quantitative estimate of drug-likeness (QED) is 0.441. The predicted molar refractivity (Wildman–Crippen MR) is 137 cm³/mol. The first-order chi connectivity index (χ1) is 17.7. The van der Waals surface area contributed by atoms with Crippen molar-refractivity contribution in [2.24, 2.45) is 0 Å². The Morgan fingerprint density at radius 2 is 1.83 bits per heavy atom. The molecular formula is C28H24N6O2. The van der Waals surface area contributed by atoms with Crippen LogP contribution in [-0.2, 0) is 11.2 Å². The van der Waals surface area contributed by atoms with Crippen LogP contribution >= 0.6 is 0 Å². The molecule has 2 N–H and O–H groups in total. The second kappa shape index (κ2) is 9.22. The van der Waals surface area contributed by atoms with Gasteiger partial charge in [-0.1, -0.05) is 24.3 Å². The van der Waals surface area contributed by atoms with Crippen molar-refractivity contribution in [3.8, 4) is 11.3 Å². The molecule has 2 aromatic heterocycles. The van der Waals surface area contributed by atoms with Crippen LogP contribution in [-0.4, -0.2) is 38.2 Å². The average Bonchev–Trinajstić information content (AvgIpc) is 3.35. The highest BCUT2D eigenvalue weighted by Crippen LogP contribution is 2.34. The number of fused-ring (bicyclic) bond motifs is 3. The zero-order chi connectivity index (χ0) is 24.5. The van der Waals surface area contributed by atoms with Crippen molar-refractivity contribution in [1.29, 1.82) is 0 Å². The molecule has 4 aromatic rings. The number of anilines is 3. The Bertz CT molecular complexity index is 1440. The number of nitrogens with one attached hydrogen (secondary N) is 2. The molecule has 1 saturated heterocycles. The Labute approximate surface area is 208 Å². The molecule has 0 aliphatic carbocycles. The SMILES string of the molecule is O=C1Cc2cnc(Nc3ccc(C(=O)N4CCCC4c4ccccn4)cc3)nc2-c2ccccc2N1. The first-order valence-electron chi connectivity index (χ1n) is 12.0. The van der Waals surface area contributed by atoms with E-state index >= 15 is 0 Å². The molecule has 0 radical (unpaired) electrons. The summed E-state index contributed by atoms with van der Waals surface area (Å²) in [6.07, 6.45) is 5.57. The minimum atomic E-state index is -0.0888. The predicted octanol–water partition coefficient (Wildman–Crippen LogP) is 4.75. The molecule has 1 atom stereocenters. The monoisotopic (exact) mass is 476 g/mol. The van der Waals surface area contributed by atoms with Gasteiger partial charge in [0.15, 0.2) is 0 Å². The van der Waals surface area contributed by atoms with Gasteiger partial charge in [0.2, 0.25) is 11.9 Å². The average molecular weight is 477 g/mol. The van der Waals surface area contributed by atoms with E-state index in [1.807, 2.05) is 71.6 Å². The molecule has 2 aliphatic heterocycles. The van der Waals surface area contributed by atoms with Crippen LogP contribution in [0, 0.1) is 0 Å². The number of nitrogens with zero attached hydrogens (tertiary/aromatic N) is 4. The normalized spacial score (nSPS) is 16.5. The summed E-state index contributed by atoms with van der Waals surface area (Å²) in [6.45, 7) is 0.724. The molecule has 2 amide bonds. The molecular weight excluding hydrogens is 452 g/mol. The van der Waals surface area contributed by atoms with Crippen LogP contribution in [0.3, 0.4) is 0 Å². The minimum Gasteiger partial charge on any atom is -0.330 e. The lowest BCUT2D eigenvalue weighted by Crippen LogP contribution is -2.30. The number of hydrogen-bond acceptors (Lipinski definition) is 6. The topological polar surface area (TPSA) is 100 Å². The van der Waals surface area contributed by atoms with Crippen molar-refractivity contribution >= 4 is 29.1 Å². The molecule has 1 unspecified atom stereocenters. The summed E-state index contributed by atoms with van der Waals surface area (Å²) in [6, 6.07) is 20.8. The number of amides is 2. The van der Waals surface area contributed by atoms with Crippen molar-refractivity contribution in [3.05, 3.63) is 95.9 Å². The highest BCUT2D eigenvalue weighted by molar-refractivity contribution is 6.00. The lowest BCUT2D eigenvalue weighted by atomic mass is 10.1. The molecule has 0 saturated carbocycles. The lowest BCUT2D eigenvalue weighted by molar-refractivity contribution is -0.115. The molecule has 8 nitrogen and oxygen atoms in total. The summed E-state index contributed by atoms with van der Waals surface area (Å²) < 4.78 is 0. The number of pyridine rings is 1. The van der Waals surface area contributed by atoms with Crippen LogP contribution in [0.25, 0.3) is 11.3 Å². The molecule has 8 heteroatoms. The van der Waals surface area contributed by atoms with Gasteiger partial charge in [-0.25, -0.2) is 9.97 Å². The maximum absolute atomic E-state index is 13.3. The minimum absolute atomic E-state index is 0.00441. The Morgan fingerprint density at radius 1 is 1.00 bits per heavy atom. The van der Waals surface area contributed by atoms with Gasteiger partial charge in [0.1, 0.15) is 0 Å². The zero-order valence-corrected chi connectivity index (χ0v) is 19.5. The number of benzene rings is 2. The van der Waals surface area contributed by atoms with E-state index in [1.54, 1.807) is 12.4 Å². The van der Waals surface area contributed by atoms with Crippen LogP contribution < -0.4 is 10.6 Å². The second-order valence-corrected chi connectivity index (χ2v) is 8.95. The molecule has 2 aliphatic rings. The number of likely N-dealkylation sites (tertiary alicyclic amines) is 1. The number of hydrogen-bond donors (Lipinski definition) is 2. The van der Waals surface area contributed by atoms with Crippen LogP contribution in [0.15, 0.2) is 79.1 Å². The number of aromatic nitrogens is 3. The zero-order valence-electron chi connectivity index (χ0n) is 19.5. The van der Waals surface area contributed by atoms with Crippen LogP contribution in [0.5, 0.6) is 0 Å². The second-order valence-electron chi connectivity index (χ2n) is 8.95. The Morgan fingerprint density at radius 3 is 2.67 bits per heavy atom. The summed E-state index contributed by atoms with van der Waals surface area (Å²) in [5.41, 5.74) is 5.42. The van der Waals surface area contributed by atoms with Gasteiger partial charge in [0.05, 0.1) is 29.5 Å². The third-order valence-corrected chi connectivity index (χ3v) is 6.60. The summed E-state index contributed by atoms with van der Waals surface area (Å²) in [5, 5.41) is 6.15. The van der Waals surface area contributed by atoms with Crippen molar-refractivity contribution in [1.82, 2.24) is 19.9 Å². The molecule has 4 heterocycles. The standard InChI is InChI=1S/C28H24N6O2/c35-25-16-19-17-30-28(33-26(19)21-6-1-2-7-22(21)32-25)31-20-12-10-18(11-13-20)27(36)34-15-5-9-24(34)23-8-3-4-14-29-23/h1-4,6-8,10-14,17,24H,5,9,15-16H2,(H,32,35)(H,30,31,33). The summed E-state index contributed by atoms with van der Waals surface area (Å²) in [5.74, 6) is 0.338.